The summed E-state index contributed by atoms with van der Waals surface area (Å²) >= 11 is 1.20. The zero-order valence-corrected chi connectivity index (χ0v) is 16.6. The third-order valence-corrected chi connectivity index (χ3v) is 4.47. The lowest BCUT2D eigenvalue weighted by atomic mass is 10.2. The first kappa shape index (κ1) is 21.6. The summed E-state index contributed by atoms with van der Waals surface area (Å²) in [6.45, 7) is 7.81. The van der Waals surface area contributed by atoms with Crippen molar-refractivity contribution < 1.29 is 14.3 Å². The molecule has 0 unspecified atom stereocenters. The van der Waals surface area contributed by atoms with Crippen LogP contribution in [0.25, 0.3) is 11.4 Å². The second-order valence-corrected chi connectivity index (χ2v) is 6.53. The van der Waals surface area contributed by atoms with Gasteiger partial charge in [-0.3, -0.25) is 19.7 Å². The number of aromatic nitrogens is 4. The number of nitrogens with zero attached hydrogens (tertiary/aromatic N) is 4. The van der Waals surface area contributed by atoms with Crippen LogP contribution in [-0.4, -0.2) is 57.2 Å². The van der Waals surface area contributed by atoms with Crippen molar-refractivity contribution in [3.63, 3.8) is 0 Å². The van der Waals surface area contributed by atoms with Crippen molar-refractivity contribution in [1.29, 1.82) is 0 Å². The maximum atomic E-state index is 12.0. The molecule has 0 aromatic carbocycles. The Kier molecular flexibility index (Phi) is 9.16. The largest absolute Gasteiger partial charge is 0.382 e. The topological polar surface area (TPSA) is 111 Å². The molecule has 0 spiro atoms. The van der Waals surface area contributed by atoms with Crippen LogP contribution in [0.2, 0.25) is 0 Å². The van der Waals surface area contributed by atoms with Crippen molar-refractivity contribution in [1.82, 2.24) is 30.4 Å². The molecule has 2 heterocycles. The summed E-state index contributed by atoms with van der Waals surface area (Å²) in [7, 11) is 0. The van der Waals surface area contributed by atoms with Gasteiger partial charge in [0.2, 0.25) is 5.91 Å². The van der Waals surface area contributed by atoms with Crippen LogP contribution in [0.1, 0.15) is 13.3 Å². The van der Waals surface area contributed by atoms with E-state index >= 15 is 0 Å². The Hall–Kier alpha value is -2.72. The average Bonchev–Trinajstić information content (AvgIpc) is 3.10. The number of rotatable bonds is 11. The number of nitrogens with one attached hydrogen (secondary N) is 2. The van der Waals surface area contributed by atoms with E-state index in [1.165, 1.54) is 11.8 Å². The fourth-order valence-corrected chi connectivity index (χ4v) is 3.01. The molecule has 2 aromatic rings. The second-order valence-electron chi connectivity index (χ2n) is 5.58. The van der Waals surface area contributed by atoms with Crippen molar-refractivity contribution in [3.8, 4) is 11.4 Å². The minimum atomic E-state index is -0.521. The van der Waals surface area contributed by atoms with Crippen molar-refractivity contribution in [2.45, 2.75) is 25.0 Å². The predicted molar refractivity (Wildman–Crippen MR) is 107 cm³/mol. The van der Waals surface area contributed by atoms with E-state index in [1.807, 2.05) is 23.6 Å². The maximum Gasteiger partial charge on any atom is 0.321 e. The number of urea groups is 1. The third-order valence-electron chi connectivity index (χ3n) is 3.51. The summed E-state index contributed by atoms with van der Waals surface area (Å²) < 4.78 is 7.04. The zero-order valence-electron chi connectivity index (χ0n) is 15.8. The Morgan fingerprint density at radius 3 is 2.82 bits per heavy atom. The number of hydrogen-bond acceptors (Lipinski definition) is 7. The number of pyridine rings is 1. The Balaban J connectivity index is 1.86. The number of ether oxygens (including phenoxy) is 1. The summed E-state index contributed by atoms with van der Waals surface area (Å²) in [6.07, 6.45) is 5.77. The van der Waals surface area contributed by atoms with Crippen molar-refractivity contribution in [2.24, 2.45) is 0 Å². The normalized spacial score (nSPS) is 10.5. The molecule has 0 fully saturated rings. The van der Waals surface area contributed by atoms with E-state index in [0.29, 0.717) is 43.7 Å². The van der Waals surface area contributed by atoms with E-state index in [0.717, 1.165) is 5.56 Å². The second kappa shape index (κ2) is 11.9. The van der Waals surface area contributed by atoms with Gasteiger partial charge in [-0.25, -0.2) is 4.79 Å². The van der Waals surface area contributed by atoms with Crippen molar-refractivity contribution in [3.05, 3.63) is 37.2 Å². The highest BCUT2D eigenvalue weighted by Gasteiger charge is 2.15. The molecule has 28 heavy (non-hydrogen) atoms. The monoisotopic (exact) mass is 404 g/mol. The summed E-state index contributed by atoms with van der Waals surface area (Å²) in [5.74, 6) is 0.293. The Morgan fingerprint density at radius 1 is 1.32 bits per heavy atom. The highest BCUT2D eigenvalue weighted by atomic mass is 32.2. The van der Waals surface area contributed by atoms with Gasteiger partial charge >= 0.3 is 6.03 Å². The van der Waals surface area contributed by atoms with E-state index in [-0.39, 0.29) is 5.75 Å². The van der Waals surface area contributed by atoms with E-state index in [4.69, 9.17) is 4.74 Å². The van der Waals surface area contributed by atoms with Gasteiger partial charge < -0.3 is 10.1 Å². The van der Waals surface area contributed by atoms with Gasteiger partial charge in [0, 0.05) is 44.3 Å². The first-order chi connectivity index (χ1) is 13.7. The van der Waals surface area contributed by atoms with Crippen molar-refractivity contribution in [2.75, 3.05) is 25.5 Å². The van der Waals surface area contributed by atoms with Crippen LogP contribution >= 0.6 is 11.8 Å². The van der Waals surface area contributed by atoms with Gasteiger partial charge in [0.25, 0.3) is 0 Å². The predicted octanol–water partition coefficient (Wildman–Crippen LogP) is 1.87. The molecule has 2 rings (SSSR count). The Labute approximate surface area is 168 Å². The lowest BCUT2D eigenvalue weighted by Crippen LogP contribution is -2.40. The number of thioether (sulfide) groups is 1. The Bertz CT molecular complexity index is 781. The van der Waals surface area contributed by atoms with Crippen LogP contribution in [0, 0.1) is 0 Å². The van der Waals surface area contributed by atoms with E-state index < -0.39 is 11.9 Å². The molecule has 0 aliphatic heterocycles. The zero-order chi connectivity index (χ0) is 20.2. The number of carbonyl (C=O) groups is 2. The number of hydrogen-bond donors (Lipinski definition) is 2. The van der Waals surface area contributed by atoms with Gasteiger partial charge in [-0.05, 0) is 25.5 Å². The highest BCUT2D eigenvalue weighted by Crippen LogP contribution is 2.23. The van der Waals surface area contributed by atoms with Crippen LogP contribution in [-0.2, 0) is 16.1 Å². The lowest BCUT2D eigenvalue weighted by molar-refractivity contribution is -0.117. The molecule has 0 atom stereocenters. The molecule has 0 bridgehead atoms. The molecule has 0 radical (unpaired) electrons. The SMILES string of the molecule is C=CCn1c(SCC(=O)NC(=O)NCCCOCC)nnc1-c1ccncc1. The van der Waals surface area contributed by atoms with Gasteiger partial charge in [0.1, 0.15) is 0 Å². The standard InChI is InChI=1S/C18H24N6O3S/c1-3-11-24-16(14-6-9-19-10-7-14)22-23-18(24)28-13-15(25)21-17(26)20-8-5-12-27-4-2/h3,6-7,9-10H,1,4-5,8,11-13H2,2H3,(H2,20,21,25,26). The van der Waals surface area contributed by atoms with Gasteiger partial charge in [-0.2, -0.15) is 0 Å². The molecule has 0 saturated carbocycles. The summed E-state index contributed by atoms with van der Waals surface area (Å²) in [6, 6.07) is 3.15. The minimum absolute atomic E-state index is 0.0397. The summed E-state index contributed by atoms with van der Waals surface area (Å²) in [4.78, 5) is 27.7. The van der Waals surface area contributed by atoms with E-state index in [9.17, 15) is 9.59 Å². The molecule has 0 aliphatic rings. The quantitative estimate of drug-likeness (QED) is 0.334. The van der Waals surface area contributed by atoms with Gasteiger partial charge in [0.05, 0.1) is 5.75 Å². The highest BCUT2D eigenvalue weighted by molar-refractivity contribution is 7.99. The van der Waals surface area contributed by atoms with Crippen LogP contribution in [0.3, 0.4) is 0 Å². The molecular weight excluding hydrogens is 380 g/mol. The molecule has 0 saturated heterocycles. The summed E-state index contributed by atoms with van der Waals surface area (Å²) in [5, 5.41) is 13.8. The molecule has 9 nitrogen and oxygen atoms in total. The first-order valence-corrected chi connectivity index (χ1v) is 9.87. The smallest absolute Gasteiger partial charge is 0.321 e. The van der Waals surface area contributed by atoms with Gasteiger partial charge in [0.15, 0.2) is 11.0 Å². The minimum Gasteiger partial charge on any atom is -0.382 e. The molecule has 10 heteroatoms. The Morgan fingerprint density at radius 2 is 2.11 bits per heavy atom. The average molecular weight is 404 g/mol. The van der Waals surface area contributed by atoms with E-state index in [1.54, 1.807) is 18.5 Å². The maximum absolute atomic E-state index is 12.0. The fourth-order valence-electron chi connectivity index (χ4n) is 2.26. The molecule has 2 N–H and O–H groups in total. The molecule has 3 amide bonds. The molecule has 0 aliphatic carbocycles. The number of imide groups is 1. The third kappa shape index (κ3) is 6.78. The number of carbonyl (C=O) groups excluding carboxylic acids is 2. The van der Waals surface area contributed by atoms with Gasteiger partial charge in [-0.1, -0.05) is 17.8 Å². The molecule has 150 valence electrons. The number of allylic oxidation sites excluding steroid dienone is 1. The van der Waals surface area contributed by atoms with Crippen LogP contribution in [0.4, 0.5) is 4.79 Å². The van der Waals surface area contributed by atoms with Crippen LogP contribution in [0.5, 0.6) is 0 Å². The van der Waals surface area contributed by atoms with Crippen LogP contribution < -0.4 is 10.6 Å². The lowest BCUT2D eigenvalue weighted by Gasteiger charge is -2.08. The number of amides is 3. The van der Waals surface area contributed by atoms with E-state index in [2.05, 4.69) is 32.4 Å². The van der Waals surface area contributed by atoms with Crippen LogP contribution in [0.15, 0.2) is 42.3 Å². The fraction of sp³-hybridized carbons (Fsp3) is 0.389. The first-order valence-electron chi connectivity index (χ1n) is 8.88. The van der Waals surface area contributed by atoms with Gasteiger partial charge in [-0.15, -0.1) is 16.8 Å². The molecular formula is C18H24N6O3S. The summed E-state index contributed by atoms with van der Waals surface area (Å²) in [5.41, 5.74) is 0.868. The van der Waals surface area contributed by atoms with Crippen molar-refractivity contribution >= 4 is 23.7 Å². The molecule has 2 aromatic heterocycles.